The van der Waals surface area contributed by atoms with E-state index in [1.54, 1.807) is 4.90 Å². The van der Waals surface area contributed by atoms with Gasteiger partial charge in [-0.05, 0) is 35.1 Å². The van der Waals surface area contributed by atoms with Crippen LogP contribution < -0.4 is 27.4 Å². The number of carboxylic acid groups (broad SMARTS) is 1. The summed E-state index contributed by atoms with van der Waals surface area (Å²) in [7, 11) is 0. The van der Waals surface area contributed by atoms with Gasteiger partial charge in [-0.25, -0.2) is 4.79 Å². The van der Waals surface area contributed by atoms with Gasteiger partial charge in [0.25, 0.3) is 5.97 Å². The topological polar surface area (TPSA) is 192 Å². The number of aliphatic imine (C=N–C) groups is 1. The number of guanidine groups is 1. The number of nitrogens with two attached hydrogens (primary N) is 2. The lowest BCUT2D eigenvalue weighted by molar-refractivity contribution is -0.134. The molecule has 3 aromatic rings. The third-order valence-corrected chi connectivity index (χ3v) is 6.91. The van der Waals surface area contributed by atoms with Crippen molar-refractivity contribution in [1.82, 2.24) is 20.9 Å². The van der Waals surface area contributed by atoms with E-state index in [-0.39, 0.29) is 23.8 Å². The molecular weight excluding hydrogens is 574 g/mol. The number of carbonyl (C=O) groups excluding carboxylic acids is 3. The van der Waals surface area contributed by atoms with Crippen LogP contribution in [0, 0.1) is 0 Å². The Hall–Kier alpha value is -5.39. The molecular formula is C33H41N7O5. The zero-order valence-corrected chi connectivity index (χ0v) is 25.3. The second-order valence-corrected chi connectivity index (χ2v) is 10.5. The standard InChI is InChI=1S/C31H37N7O3.C2H4O2/c32-30(33)34-17-7-12-26(37-29(40)27(24-8-3-1-4-9-24)25-10-5-2-6-11-25)28(39)36-20-22-13-15-23(16-14-22)21-38-19-18-35-31(38)41;1-2(3)4/h1-6,8-11,13-16,26-27H,7,12,17-21H2,(H,35,41)(H,36,39)(H,37,40)(H4,32,33,34);1H3,(H,3,4)/t26-;/m1./s1. The van der Waals surface area contributed by atoms with Crippen molar-refractivity contribution in [1.29, 1.82) is 0 Å². The number of hydrogen-bond donors (Lipinski definition) is 6. The first-order valence-corrected chi connectivity index (χ1v) is 14.7. The van der Waals surface area contributed by atoms with Crippen LogP contribution in [0.4, 0.5) is 4.79 Å². The number of nitrogens with zero attached hydrogens (tertiary/aromatic N) is 2. The van der Waals surface area contributed by atoms with Gasteiger partial charge < -0.3 is 37.4 Å². The fourth-order valence-corrected chi connectivity index (χ4v) is 4.77. The molecule has 0 radical (unpaired) electrons. The van der Waals surface area contributed by atoms with Crippen LogP contribution in [0.15, 0.2) is 89.9 Å². The fourth-order valence-electron chi connectivity index (χ4n) is 4.77. The minimum Gasteiger partial charge on any atom is -0.481 e. The van der Waals surface area contributed by atoms with Crippen molar-refractivity contribution in [3.05, 3.63) is 107 Å². The summed E-state index contributed by atoms with van der Waals surface area (Å²) in [6.45, 7) is 3.60. The monoisotopic (exact) mass is 615 g/mol. The molecule has 12 nitrogen and oxygen atoms in total. The van der Waals surface area contributed by atoms with Crippen LogP contribution in [0.2, 0.25) is 0 Å². The van der Waals surface area contributed by atoms with E-state index in [2.05, 4.69) is 20.9 Å². The highest BCUT2D eigenvalue weighted by atomic mass is 16.4. The molecule has 0 saturated carbocycles. The first kappa shape index (κ1) is 34.1. The molecule has 1 heterocycles. The van der Waals surface area contributed by atoms with Gasteiger partial charge in [0.1, 0.15) is 6.04 Å². The van der Waals surface area contributed by atoms with E-state index in [0.717, 1.165) is 29.2 Å². The first-order valence-electron chi connectivity index (χ1n) is 14.7. The highest BCUT2D eigenvalue weighted by molar-refractivity contribution is 5.92. The lowest BCUT2D eigenvalue weighted by Crippen LogP contribution is -2.48. The van der Waals surface area contributed by atoms with E-state index < -0.39 is 17.9 Å². The molecule has 45 heavy (non-hydrogen) atoms. The number of nitrogens with one attached hydrogen (secondary N) is 3. The van der Waals surface area contributed by atoms with Crippen LogP contribution >= 0.6 is 0 Å². The van der Waals surface area contributed by atoms with E-state index >= 15 is 0 Å². The van der Waals surface area contributed by atoms with E-state index in [0.29, 0.717) is 45.6 Å². The van der Waals surface area contributed by atoms with Crippen molar-refractivity contribution in [2.45, 2.75) is 44.8 Å². The minimum atomic E-state index is -0.833. The number of hydrogen-bond acceptors (Lipinski definition) is 5. The number of amides is 4. The molecule has 0 aliphatic carbocycles. The molecule has 4 rings (SSSR count). The number of carboxylic acids is 1. The van der Waals surface area contributed by atoms with Crippen LogP contribution in [0.1, 0.15) is 47.9 Å². The van der Waals surface area contributed by atoms with Gasteiger partial charge in [-0.3, -0.25) is 19.4 Å². The number of benzene rings is 3. The molecule has 0 spiro atoms. The Morgan fingerprint density at radius 3 is 1.98 bits per heavy atom. The van der Waals surface area contributed by atoms with E-state index in [4.69, 9.17) is 21.4 Å². The Balaban J connectivity index is 0.00000130. The van der Waals surface area contributed by atoms with Crippen LogP contribution in [-0.2, 0) is 27.5 Å². The third kappa shape index (κ3) is 11.7. The summed E-state index contributed by atoms with van der Waals surface area (Å²) in [5.41, 5.74) is 14.5. The third-order valence-electron chi connectivity index (χ3n) is 6.91. The summed E-state index contributed by atoms with van der Waals surface area (Å²) < 4.78 is 0. The maximum absolute atomic E-state index is 13.7. The Kier molecular flexibility index (Phi) is 13.4. The highest BCUT2D eigenvalue weighted by Gasteiger charge is 2.27. The largest absolute Gasteiger partial charge is 0.481 e. The predicted molar refractivity (Wildman–Crippen MR) is 172 cm³/mol. The molecule has 4 amide bonds. The van der Waals surface area contributed by atoms with Gasteiger partial charge in [0.15, 0.2) is 5.96 Å². The summed E-state index contributed by atoms with van der Waals surface area (Å²) >= 11 is 0. The van der Waals surface area contributed by atoms with Crippen molar-refractivity contribution in [2.24, 2.45) is 16.5 Å². The molecule has 1 atom stereocenters. The van der Waals surface area contributed by atoms with Crippen molar-refractivity contribution in [3.8, 4) is 0 Å². The maximum atomic E-state index is 13.7. The van der Waals surface area contributed by atoms with E-state index in [1.807, 2.05) is 84.9 Å². The molecule has 0 aromatic heterocycles. The van der Waals surface area contributed by atoms with E-state index in [9.17, 15) is 14.4 Å². The molecule has 3 aromatic carbocycles. The molecule has 1 fully saturated rings. The molecule has 1 aliphatic rings. The molecule has 0 unspecified atom stereocenters. The van der Waals surface area contributed by atoms with Crippen LogP contribution in [0.5, 0.6) is 0 Å². The second-order valence-electron chi connectivity index (χ2n) is 10.5. The summed E-state index contributed by atoms with van der Waals surface area (Å²) in [5, 5.41) is 16.2. The lowest BCUT2D eigenvalue weighted by atomic mass is 9.90. The molecule has 238 valence electrons. The van der Waals surface area contributed by atoms with Gasteiger partial charge in [0.05, 0.1) is 5.92 Å². The minimum absolute atomic E-state index is 0.0166. The van der Waals surface area contributed by atoms with Crippen molar-refractivity contribution >= 4 is 29.8 Å². The molecule has 8 N–H and O–H groups in total. The smallest absolute Gasteiger partial charge is 0.317 e. The van der Waals surface area contributed by atoms with Crippen molar-refractivity contribution in [3.63, 3.8) is 0 Å². The average molecular weight is 616 g/mol. The van der Waals surface area contributed by atoms with Gasteiger partial charge in [0.2, 0.25) is 11.8 Å². The molecule has 0 bridgehead atoms. The number of aliphatic carboxylic acids is 1. The maximum Gasteiger partial charge on any atom is 0.317 e. The van der Waals surface area contributed by atoms with Crippen LogP contribution in [-0.4, -0.2) is 65.5 Å². The Morgan fingerprint density at radius 2 is 1.47 bits per heavy atom. The SMILES string of the molecule is CC(=O)O.NC(N)=NCCC[C@@H](NC(=O)C(c1ccccc1)c1ccccc1)C(=O)NCc1ccc(CN2CCNC2=O)cc1. The Labute approximate surface area is 262 Å². The molecule has 12 heteroatoms. The summed E-state index contributed by atoms with van der Waals surface area (Å²) in [5.74, 6) is -1.98. The summed E-state index contributed by atoms with van der Waals surface area (Å²) in [6.07, 6.45) is 0.873. The zero-order chi connectivity index (χ0) is 32.6. The van der Waals surface area contributed by atoms with Crippen molar-refractivity contribution in [2.75, 3.05) is 19.6 Å². The summed E-state index contributed by atoms with van der Waals surface area (Å²) in [4.78, 5) is 53.6. The fraction of sp³-hybridized carbons (Fsp3) is 0.303. The Bertz CT molecular complexity index is 1390. The Morgan fingerprint density at radius 1 is 0.911 bits per heavy atom. The second kappa shape index (κ2) is 17.7. The lowest BCUT2D eigenvalue weighted by Gasteiger charge is -2.23. The van der Waals surface area contributed by atoms with Crippen LogP contribution in [0.25, 0.3) is 0 Å². The van der Waals surface area contributed by atoms with Gasteiger partial charge >= 0.3 is 6.03 Å². The quantitative estimate of drug-likeness (QED) is 0.0965. The number of urea groups is 1. The van der Waals surface area contributed by atoms with Crippen LogP contribution in [0.3, 0.4) is 0 Å². The average Bonchev–Trinajstić information content (AvgIpc) is 3.42. The molecule has 1 aliphatic heterocycles. The van der Waals surface area contributed by atoms with Gasteiger partial charge in [0, 0.05) is 39.6 Å². The normalized spacial score (nSPS) is 12.8. The molecule has 1 saturated heterocycles. The predicted octanol–water partition coefficient (Wildman–Crippen LogP) is 2.29. The van der Waals surface area contributed by atoms with Gasteiger partial charge in [-0.2, -0.15) is 0 Å². The number of rotatable bonds is 13. The highest BCUT2D eigenvalue weighted by Crippen LogP contribution is 2.25. The van der Waals surface area contributed by atoms with Gasteiger partial charge in [-0.15, -0.1) is 0 Å². The summed E-state index contributed by atoms with van der Waals surface area (Å²) in [6, 6.07) is 25.9. The van der Waals surface area contributed by atoms with Gasteiger partial charge in [-0.1, -0.05) is 84.9 Å². The first-order chi connectivity index (χ1) is 21.6. The zero-order valence-electron chi connectivity index (χ0n) is 25.3. The van der Waals surface area contributed by atoms with Crippen molar-refractivity contribution < 1.29 is 24.3 Å². The number of carbonyl (C=O) groups is 4. The van der Waals surface area contributed by atoms with E-state index in [1.165, 1.54) is 0 Å².